The number of carbonyl (C=O) groups excluding carboxylic acids is 3. The molecular formula is C24H22BrN3O3. The molecule has 0 radical (unpaired) electrons. The Morgan fingerprint density at radius 3 is 2.32 bits per heavy atom. The number of halogens is 1. The van der Waals surface area contributed by atoms with Gasteiger partial charge in [-0.1, -0.05) is 46.3 Å². The van der Waals surface area contributed by atoms with Gasteiger partial charge in [0.05, 0.1) is 6.54 Å². The van der Waals surface area contributed by atoms with Gasteiger partial charge in [0, 0.05) is 27.1 Å². The summed E-state index contributed by atoms with van der Waals surface area (Å²) in [5, 5.41) is 2.74. The van der Waals surface area contributed by atoms with Crippen LogP contribution in [0.25, 0.3) is 5.69 Å². The third-order valence-corrected chi connectivity index (χ3v) is 6.27. The second-order valence-corrected chi connectivity index (χ2v) is 8.75. The van der Waals surface area contributed by atoms with Crippen molar-refractivity contribution < 1.29 is 14.4 Å². The zero-order valence-electron chi connectivity index (χ0n) is 17.5. The summed E-state index contributed by atoms with van der Waals surface area (Å²) in [5.41, 5.74) is 2.58. The van der Waals surface area contributed by atoms with Crippen molar-refractivity contribution in [2.45, 2.75) is 26.3 Å². The quantitative estimate of drug-likeness (QED) is 0.432. The Balaban J connectivity index is 1.60. The zero-order chi connectivity index (χ0) is 22.3. The molecule has 2 aromatic carbocycles. The Morgan fingerprint density at radius 2 is 1.68 bits per heavy atom. The van der Waals surface area contributed by atoms with Gasteiger partial charge < -0.3 is 9.88 Å². The first-order valence-electron chi connectivity index (χ1n) is 9.90. The highest BCUT2D eigenvalue weighted by atomic mass is 79.9. The van der Waals surface area contributed by atoms with Crippen molar-refractivity contribution in [2.24, 2.45) is 0 Å². The van der Waals surface area contributed by atoms with Gasteiger partial charge in [-0.05, 0) is 56.7 Å². The number of hydrogen-bond acceptors (Lipinski definition) is 3. The highest BCUT2D eigenvalue weighted by Crippen LogP contribution is 2.29. The molecule has 1 unspecified atom stereocenters. The monoisotopic (exact) mass is 479 g/mol. The fourth-order valence-corrected chi connectivity index (χ4v) is 4.33. The van der Waals surface area contributed by atoms with Crippen molar-refractivity contribution in [3.05, 3.63) is 87.7 Å². The standard InChI is InChI=1S/C24H22BrN3O3/c1-15-13-20(16(2)28(15)19-11-9-18(25)10-12-19)21(29)14-27-22(30)24(3,26-23(27)31)17-7-5-4-6-8-17/h4-13H,14H2,1-3H3,(H,26,31). The Morgan fingerprint density at radius 1 is 1.03 bits per heavy atom. The molecule has 0 aliphatic carbocycles. The molecule has 0 saturated carbocycles. The van der Waals surface area contributed by atoms with E-state index in [9.17, 15) is 14.4 Å². The number of rotatable bonds is 5. The van der Waals surface area contributed by atoms with Crippen LogP contribution in [-0.4, -0.2) is 33.7 Å². The minimum Gasteiger partial charge on any atom is -0.319 e. The first kappa shape index (κ1) is 21.1. The van der Waals surface area contributed by atoms with Gasteiger partial charge in [0.2, 0.25) is 0 Å². The lowest BCUT2D eigenvalue weighted by Gasteiger charge is -2.22. The Hall–Kier alpha value is -3.19. The average Bonchev–Trinajstić information content (AvgIpc) is 3.17. The number of benzene rings is 2. The summed E-state index contributed by atoms with van der Waals surface area (Å²) >= 11 is 3.43. The normalized spacial score (nSPS) is 18.4. The van der Waals surface area contributed by atoms with Crippen LogP contribution in [0.5, 0.6) is 0 Å². The molecule has 0 bridgehead atoms. The smallest absolute Gasteiger partial charge is 0.319 e. The van der Waals surface area contributed by atoms with E-state index in [0.29, 0.717) is 11.1 Å². The third kappa shape index (κ3) is 3.59. The molecule has 1 N–H and O–H groups in total. The van der Waals surface area contributed by atoms with Crippen LogP contribution < -0.4 is 5.32 Å². The summed E-state index contributed by atoms with van der Waals surface area (Å²) in [4.78, 5) is 39.8. The van der Waals surface area contributed by atoms with Crippen LogP contribution in [0.4, 0.5) is 4.79 Å². The molecule has 2 heterocycles. The predicted octanol–water partition coefficient (Wildman–Crippen LogP) is 4.51. The summed E-state index contributed by atoms with van der Waals surface area (Å²) in [5.74, 6) is -0.712. The van der Waals surface area contributed by atoms with Crippen LogP contribution in [0.1, 0.15) is 34.2 Å². The van der Waals surface area contributed by atoms with Crippen molar-refractivity contribution in [1.82, 2.24) is 14.8 Å². The first-order valence-corrected chi connectivity index (χ1v) is 10.7. The van der Waals surface area contributed by atoms with Crippen molar-refractivity contribution in [2.75, 3.05) is 6.54 Å². The maximum Gasteiger partial charge on any atom is 0.325 e. The van der Waals surface area contributed by atoms with Crippen molar-refractivity contribution in [3.8, 4) is 5.69 Å². The van der Waals surface area contributed by atoms with E-state index in [1.165, 1.54) is 0 Å². The lowest BCUT2D eigenvalue weighted by atomic mass is 9.92. The fourth-order valence-electron chi connectivity index (χ4n) is 4.07. The van der Waals surface area contributed by atoms with E-state index in [1.54, 1.807) is 25.1 Å². The van der Waals surface area contributed by atoms with E-state index in [0.717, 1.165) is 26.4 Å². The van der Waals surface area contributed by atoms with E-state index >= 15 is 0 Å². The topological polar surface area (TPSA) is 71.4 Å². The van der Waals surface area contributed by atoms with E-state index in [2.05, 4.69) is 21.2 Å². The van der Waals surface area contributed by atoms with Gasteiger partial charge in [0.15, 0.2) is 5.78 Å². The summed E-state index contributed by atoms with van der Waals surface area (Å²) in [7, 11) is 0. The molecule has 7 heteroatoms. The molecule has 1 atom stereocenters. The highest BCUT2D eigenvalue weighted by Gasteiger charge is 2.49. The van der Waals surface area contributed by atoms with Crippen LogP contribution in [-0.2, 0) is 10.3 Å². The number of aryl methyl sites for hydroxylation is 1. The average molecular weight is 480 g/mol. The fraction of sp³-hybridized carbons (Fsp3) is 0.208. The Labute approximate surface area is 189 Å². The summed E-state index contributed by atoms with van der Waals surface area (Å²) in [6.07, 6.45) is 0. The van der Waals surface area contributed by atoms with Crippen molar-refractivity contribution in [1.29, 1.82) is 0 Å². The number of imide groups is 1. The van der Waals surface area contributed by atoms with Crippen LogP contribution in [0.15, 0.2) is 65.1 Å². The summed E-state index contributed by atoms with van der Waals surface area (Å²) < 4.78 is 2.95. The molecule has 3 aromatic rings. The van der Waals surface area contributed by atoms with E-state index < -0.39 is 17.5 Å². The van der Waals surface area contributed by atoms with Gasteiger partial charge in [-0.25, -0.2) is 4.79 Å². The van der Waals surface area contributed by atoms with Gasteiger partial charge in [-0.2, -0.15) is 0 Å². The number of urea groups is 1. The molecule has 1 aliphatic rings. The minimum atomic E-state index is -1.19. The molecule has 4 rings (SSSR count). The number of nitrogens with one attached hydrogen (secondary N) is 1. The van der Waals surface area contributed by atoms with E-state index in [-0.39, 0.29) is 12.3 Å². The lowest BCUT2D eigenvalue weighted by molar-refractivity contribution is -0.130. The maximum absolute atomic E-state index is 13.1. The van der Waals surface area contributed by atoms with Crippen LogP contribution in [0, 0.1) is 13.8 Å². The zero-order valence-corrected chi connectivity index (χ0v) is 19.1. The van der Waals surface area contributed by atoms with E-state index in [1.807, 2.05) is 60.9 Å². The molecule has 158 valence electrons. The third-order valence-electron chi connectivity index (χ3n) is 5.74. The molecule has 1 aromatic heterocycles. The maximum atomic E-state index is 13.1. The second kappa shape index (κ2) is 7.81. The summed E-state index contributed by atoms with van der Waals surface area (Å²) in [6, 6.07) is 18.1. The molecular weight excluding hydrogens is 458 g/mol. The minimum absolute atomic E-state index is 0.280. The lowest BCUT2D eigenvalue weighted by Crippen LogP contribution is -2.41. The summed E-state index contributed by atoms with van der Waals surface area (Å²) in [6.45, 7) is 5.14. The highest BCUT2D eigenvalue weighted by molar-refractivity contribution is 9.10. The van der Waals surface area contributed by atoms with Crippen LogP contribution in [0.3, 0.4) is 0 Å². The number of hydrogen-bond donors (Lipinski definition) is 1. The number of aromatic nitrogens is 1. The molecule has 1 aliphatic heterocycles. The molecule has 1 fully saturated rings. The number of ketones is 1. The Bertz CT molecular complexity index is 1180. The number of Topliss-reactive ketones (excluding diaryl/α,β-unsaturated/α-hetero) is 1. The molecule has 31 heavy (non-hydrogen) atoms. The SMILES string of the molecule is Cc1cc(C(=O)CN2C(=O)NC(C)(c3ccccc3)C2=O)c(C)n1-c1ccc(Br)cc1. The van der Waals surface area contributed by atoms with Gasteiger partial charge >= 0.3 is 6.03 Å². The number of nitrogens with zero attached hydrogens (tertiary/aromatic N) is 2. The molecule has 1 saturated heterocycles. The number of amides is 3. The van der Waals surface area contributed by atoms with Crippen molar-refractivity contribution >= 4 is 33.7 Å². The van der Waals surface area contributed by atoms with E-state index in [4.69, 9.17) is 0 Å². The molecule has 6 nitrogen and oxygen atoms in total. The molecule has 3 amide bonds. The van der Waals surface area contributed by atoms with Crippen LogP contribution in [0.2, 0.25) is 0 Å². The van der Waals surface area contributed by atoms with Gasteiger partial charge in [0.1, 0.15) is 5.54 Å². The molecule has 0 spiro atoms. The van der Waals surface area contributed by atoms with Gasteiger partial charge in [0.25, 0.3) is 5.91 Å². The largest absolute Gasteiger partial charge is 0.325 e. The Kier molecular flexibility index (Phi) is 5.31. The second-order valence-electron chi connectivity index (χ2n) is 7.83. The van der Waals surface area contributed by atoms with Gasteiger partial charge in [-0.3, -0.25) is 14.5 Å². The van der Waals surface area contributed by atoms with Gasteiger partial charge in [-0.15, -0.1) is 0 Å². The van der Waals surface area contributed by atoms with Crippen LogP contribution >= 0.6 is 15.9 Å². The number of carbonyl (C=O) groups is 3. The van der Waals surface area contributed by atoms with Crippen molar-refractivity contribution in [3.63, 3.8) is 0 Å². The first-order chi connectivity index (χ1) is 14.7. The predicted molar refractivity (Wildman–Crippen MR) is 121 cm³/mol.